The Labute approximate surface area is 86.6 Å². The predicted octanol–water partition coefficient (Wildman–Crippen LogP) is 0.398. The Balaban J connectivity index is 3.40. The second-order valence-electron chi connectivity index (χ2n) is 3.41. The number of hydrogen-bond donors (Lipinski definition) is 2. The van der Waals surface area contributed by atoms with Gasteiger partial charge in [0.25, 0.3) is 0 Å². The molecule has 0 aromatic carbocycles. The van der Waals surface area contributed by atoms with Gasteiger partial charge in [0.2, 0.25) is 0 Å². The Hall–Kier alpha value is -0.160. The molecule has 0 fully saturated rings. The van der Waals surface area contributed by atoms with Crippen LogP contribution in [0.2, 0.25) is 0 Å². The molecule has 86 valence electrons. The predicted molar refractivity (Wildman–Crippen MR) is 56.5 cm³/mol. The first-order valence-electron chi connectivity index (χ1n) is 5.13. The molecule has 4 heteroatoms. The van der Waals surface area contributed by atoms with Crippen LogP contribution in [0.25, 0.3) is 0 Å². The second kappa shape index (κ2) is 9.40. The minimum absolute atomic E-state index is 0.368. The van der Waals surface area contributed by atoms with Gasteiger partial charge < -0.3 is 19.9 Å². The molecule has 0 amide bonds. The van der Waals surface area contributed by atoms with Crippen LogP contribution in [-0.2, 0) is 9.47 Å². The van der Waals surface area contributed by atoms with Crippen LogP contribution in [0, 0.1) is 0 Å². The monoisotopic (exact) mass is 205 g/mol. The fourth-order valence-corrected chi connectivity index (χ4v) is 1.25. The third-order valence-electron chi connectivity index (χ3n) is 2.13. The number of nitrogens with one attached hydrogen (secondary N) is 1. The van der Waals surface area contributed by atoms with Crippen molar-refractivity contribution in [1.29, 1.82) is 0 Å². The third kappa shape index (κ3) is 7.26. The standard InChI is InChI=1S/C10H23NO3/c1-4-9(7-13-2)11-6-5-10(12)8-14-3/h9-12H,4-8H2,1-3H3. The molecule has 0 rings (SSSR count). The SMILES string of the molecule is CCC(COC)NCCC(O)COC. The van der Waals surface area contributed by atoms with Crippen molar-refractivity contribution in [3.63, 3.8) is 0 Å². The Bertz CT molecular complexity index is 122. The molecule has 0 radical (unpaired) electrons. The summed E-state index contributed by atoms with van der Waals surface area (Å²) in [4.78, 5) is 0. The molecule has 14 heavy (non-hydrogen) atoms. The zero-order valence-electron chi connectivity index (χ0n) is 9.45. The summed E-state index contributed by atoms with van der Waals surface area (Å²) in [6.07, 6.45) is 1.38. The second-order valence-corrected chi connectivity index (χ2v) is 3.41. The van der Waals surface area contributed by atoms with Crippen molar-refractivity contribution in [1.82, 2.24) is 5.32 Å². The topological polar surface area (TPSA) is 50.7 Å². The number of methoxy groups -OCH3 is 2. The van der Waals surface area contributed by atoms with Crippen molar-refractivity contribution >= 4 is 0 Å². The van der Waals surface area contributed by atoms with Gasteiger partial charge in [-0.3, -0.25) is 0 Å². The van der Waals surface area contributed by atoms with E-state index in [-0.39, 0.29) is 6.10 Å². The largest absolute Gasteiger partial charge is 0.391 e. The van der Waals surface area contributed by atoms with Crippen molar-refractivity contribution < 1.29 is 14.6 Å². The van der Waals surface area contributed by atoms with E-state index in [0.717, 1.165) is 19.6 Å². The lowest BCUT2D eigenvalue weighted by Crippen LogP contribution is -2.35. The number of hydrogen-bond acceptors (Lipinski definition) is 4. The Morgan fingerprint density at radius 1 is 1.21 bits per heavy atom. The fraction of sp³-hybridized carbons (Fsp3) is 1.00. The maximum absolute atomic E-state index is 9.37. The summed E-state index contributed by atoms with van der Waals surface area (Å²) in [6, 6.07) is 0.384. The molecule has 2 atom stereocenters. The third-order valence-corrected chi connectivity index (χ3v) is 2.13. The average molecular weight is 205 g/mol. The highest BCUT2D eigenvalue weighted by molar-refractivity contribution is 4.65. The summed E-state index contributed by atoms with van der Waals surface area (Å²) in [5.74, 6) is 0. The molecule has 4 nitrogen and oxygen atoms in total. The van der Waals surface area contributed by atoms with E-state index in [4.69, 9.17) is 9.47 Å². The minimum Gasteiger partial charge on any atom is -0.391 e. The van der Waals surface area contributed by atoms with Gasteiger partial charge in [0.05, 0.1) is 19.3 Å². The van der Waals surface area contributed by atoms with E-state index in [1.54, 1.807) is 14.2 Å². The molecule has 0 aliphatic heterocycles. The van der Waals surface area contributed by atoms with E-state index < -0.39 is 0 Å². The van der Waals surface area contributed by atoms with E-state index >= 15 is 0 Å². The maximum Gasteiger partial charge on any atom is 0.0785 e. The summed E-state index contributed by atoms with van der Waals surface area (Å²) < 4.78 is 9.88. The van der Waals surface area contributed by atoms with Gasteiger partial charge >= 0.3 is 0 Å². The van der Waals surface area contributed by atoms with Gasteiger partial charge in [0, 0.05) is 20.3 Å². The van der Waals surface area contributed by atoms with Crippen molar-refractivity contribution in [3.8, 4) is 0 Å². The zero-order valence-corrected chi connectivity index (χ0v) is 9.45. The van der Waals surface area contributed by atoms with E-state index in [0.29, 0.717) is 19.1 Å². The lowest BCUT2D eigenvalue weighted by Gasteiger charge is -2.17. The Morgan fingerprint density at radius 2 is 1.86 bits per heavy atom. The van der Waals surface area contributed by atoms with E-state index in [1.807, 2.05) is 0 Å². The van der Waals surface area contributed by atoms with Gasteiger partial charge in [-0.2, -0.15) is 0 Å². The van der Waals surface area contributed by atoms with Crippen LogP contribution in [0.4, 0.5) is 0 Å². The van der Waals surface area contributed by atoms with Gasteiger partial charge in [0.1, 0.15) is 0 Å². The molecule has 2 N–H and O–H groups in total. The van der Waals surface area contributed by atoms with Crippen LogP contribution in [-0.4, -0.2) is 51.2 Å². The Morgan fingerprint density at radius 3 is 2.36 bits per heavy atom. The van der Waals surface area contributed by atoms with E-state index in [1.165, 1.54) is 0 Å². The Kier molecular flexibility index (Phi) is 9.29. The summed E-state index contributed by atoms with van der Waals surface area (Å²) in [7, 11) is 3.29. The normalized spacial score (nSPS) is 15.4. The fourth-order valence-electron chi connectivity index (χ4n) is 1.25. The molecule has 0 aromatic rings. The molecular formula is C10H23NO3. The van der Waals surface area contributed by atoms with E-state index in [2.05, 4.69) is 12.2 Å². The van der Waals surface area contributed by atoms with Gasteiger partial charge in [-0.05, 0) is 19.4 Å². The number of aliphatic hydroxyl groups excluding tert-OH is 1. The highest BCUT2D eigenvalue weighted by atomic mass is 16.5. The molecule has 0 aliphatic rings. The molecule has 0 bridgehead atoms. The highest BCUT2D eigenvalue weighted by Gasteiger charge is 2.06. The van der Waals surface area contributed by atoms with E-state index in [9.17, 15) is 5.11 Å². The highest BCUT2D eigenvalue weighted by Crippen LogP contribution is 1.94. The van der Waals surface area contributed by atoms with Crippen LogP contribution < -0.4 is 5.32 Å². The molecule has 0 heterocycles. The number of ether oxygens (including phenoxy) is 2. The lowest BCUT2D eigenvalue weighted by atomic mass is 10.2. The van der Waals surface area contributed by atoms with Crippen LogP contribution in [0.15, 0.2) is 0 Å². The summed E-state index contributed by atoms with van der Waals surface area (Å²) in [5.41, 5.74) is 0. The van der Waals surface area contributed by atoms with Crippen molar-refractivity contribution in [2.45, 2.75) is 31.9 Å². The van der Waals surface area contributed by atoms with Crippen molar-refractivity contribution in [2.24, 2.45) is 0 Å². The summed E-state index contributed by atoms with van der Waals surface area (Å²) in [6.45, 7) is 4.04. The maximum atomic E-state index is 9.37. The first-order valence-corrected chi connectivity index (χ1v) is 5.13. The zero-order chi connectivity index (χ0) is 10.8. The number of rotatable bonds is 9. The van der Waals surface area contributed by atoms with Gasteiger partial charge in [-0.1, -0.05) is 6.92 Å². The number of aliphatic hydroxyl groups is 1. The first-order chi connectivity index (χ1) is 6.74. The summed E-state index contributed by atoms with van der Waals surface area (Å²) >= 11 is 0. The molecule has 0 saturated heterocycles. The van der Waals surface area contributed by atoms with Gasteiger partial charge in [-0.15, -0.1) is 0 Å². The molecule has 2 unspecified atom stereocenters. The van der Waals surface area contributed by atoms with Crippen LogP contribution >= 0.6 is 0 Å². The van der Waals surface area contributed by atoms with Gasteiger partial charge in [-0.25, -0.2) is 0 Å². The molecule has 0 aromatic heterocycles. The lowest BCUT2D eigenvalue weighted by molar-refractivity contribution is 0.0580. The smallest absolute Gasteiger partial charge is 0.0785 e. The molecule has 0 spiro atoms. The molecular weight excluding hydrogens is 182 g/mol. The van der Waals surface area contributed by atoms with Gasteiger partial charge in [0.15, 0.2) is 0 Å². The average Bonchev–Trinajstić information content (AvgIpc) is 2.17. The first kappa shape index (κ1) is 13.8. The van der Waals surface area contributed by atoms with Crippen molar-refractivity contribution in [2.75, 3.05) is 34.0 Å². The van der Waals surface area contributed by atoms with Crippen LogP contribution in [0.3, 0.4) is 0 Å². The summed E-state index contributed by atoms with van der Waals surface area (Å²) in [5, 5.41) is 12.7. The molecule has 0 aliphatic carbocycles. The van der Waals surface area contributed by atoms with Crippen LogP contribution in [0.1, 0.15) is 19.8 Å². The van der Waals surface area contributed by atoms with Crippen LogP contribution in [0.5, 0.6) is 0 Å². The van der Waals surface area contributed by atoms with Crippen molar-refractivity contribution in [3.05, 3.63) is 0 Å². The quantitative estimate of drug-likeness (QED) is 0.572. The molecule has 0 saturated carbocycles. The minimum atomic E-state index is -0.368.